The minimum atomic E-state index is -4.41. The van der Waals surface area contributed by atoms with Crippen molar-refractivity contribution in [2.24, 2.45) is 0 Å². The van der Waals surface area contributed by atoms with Gasteiger partial charge in [-0.05, 0) is 36.2 Å². The molecule has 1 amide bonds. The number of carbonyl (C=O) groups is 1. The van der Waals surface area contributed by atoms with Gasteiger partial charge in [-0.1, -0.05) is 36.3 Å². The van der Waals surface area contributed by atoms with Crippen molar-refractivity contribution >= 4 is 5.91 Å². The molecule has 1 unspecified atom stereocenters. The van der Waals surface area contributed by atoms with E-state index in [1.165, 1.54) is 12.1 Å². The van der Waals surface area contributed by atoms with Crippen LogP contribution in [0.5, 0.6) is 5.75 Å². The summed E-state index contributed by atoms with van der Waals surface area (Å²) >= 11 is 0. The largest absolute Gasteiger partial charge is 0.494 e. The van der Waals surface area contributed by atoms with Crippen molar-refractivity contribution in [3.63, 3.8) is 0 Å². The quantitative estimate of drug-likeness (QED) is 0.509. The van der Waals surface area contributed by atoms with E-state index in [1.807, 2.05) is 31.2 Å². The molecule has 0 spiro atoms. The summed E-state index contributed by atoms with van der Waals surface area (Å²) in [6, 6.07) is 12.2. The Balaban J connectivity index is 1.39. The van der Waals surface area contributed by atoms with E-state index in [4.69, 9.17) is 9.26 Å². The fourth-order valence-corrected chi connectivity index (χ4v) is 3.55. The molecule has 1 saturated heterocycles. The molecule has 0 aliphatic carbocycles. The van der Waals surface area contributed by atoms with E-state index in [0.717, 1.165) is 29.9 Å². The predicted molar refractivity (Wildman–Crippen MR) is 110 cm³/mol. The highest BCUT2D eigenvalue weighted by Crippen LogP contribution is 2.32. The van der Waals surface area contributed by atoms with Gasteiger partial charge in [-0.3, -0.25) is 4.79 Å². The SMILES string of the molecule is CCCOc1ccc(CN2CC(c3nc(-c4ccc(C(F)(F)F)cc4)no3)CC2=O)cc1. The van der Waals surface area contributed by atoms with Crippen molar-refractivity contribution in [3.05, 3.63) is 65.5 Å². The van der Waals surface area contributed by atoms with Gasteiger partial charge in [0, 0.05) is 25.1 Å². The molecule has 6 nitrogen and oxygen atoms in total. The Morgan fingerprint density at radius 2 is 1.84 bits per heavy atom. The number of nitrogens with zero attached hydrogens (tertiary/aromatic N) is 3. The van der Waals surface area contributed by atoms with Crippen LogP contribution in [0, 0.1) is 0 Å². The van der Waals surface area contributed by atoms with Crippen molar-refractivity contribution < 1.29 is 27.2 Å². The zero-order valence-electron chi connectivity index (χ0n) is 17.4. The lowest BCUT2D eigenvalue weighted by Crippen LogP contribution is -2.24. The van der Waals surface area contributed by atoms with E-state index in [1.54, 1.807) is 4.90 Å². The molecule has 3 aromatic rings. The summed E-state index contributed by atoms with van der Waals surface area (Å²) in [6.45, 7) is 3.59. The smallest absolute Gasteiger partial charge is 0.416 e. The first-order valence-corrected chi connectivity index (χ1v) is 10.3. The second kappa shape index (κ2) is 9.02. The van der Waals surface area contributed by atoms with E-state index in [9.17, 15) is 18.0 Å². The van der Waals surface area contributed by atoms with Gasteiger partial charge < -0.3 is 14.2 Å². The number of halogens is 3. The first kappa shape index (κ1) is 21.9. The first-order chi connectivity index (χ1) is 15.3. The van der Waals surface area contributed by atoms with E-state index in [2.05, 4.69) is 10.1 Å². The summed E-state index contributed by atoms with van der Waals surface area (Å²) in [5.41, 5.74) is 0.658. The Morgan fingerprint density at radius 1 is 1.12 bits per heavy atom. The van der Waals surface area contributed by atoms with E-state index in [-0.39, 0.29) is 24.1 Å². The number of rotatable bonds is 7. The van der Waals surface area contributed by atoms with Gasteiger partial charge in [0.2, 0.25) is 17.6 Å². The van der Waals surface area contributed by atoms with Gasteiger partial charge in [0.1, 0.15) is 5.75 Å². The number of amides is 1. The number of hydrogen-bond acceptors (Lipinski definition) is 5. The Morgan fingerprint density at radius 3 is 2.50 bits per heavy atom. The highest BCUT2D eigenvalue weighted by Gasteiger charge is 2.34. The fourth-order valence-electron chi connectivity index (χ4n) is 3.55. The highest BCUT2D eigenvalue weighted by molar-refractivity contribution is 5.79. The molecule has 1 aromatic heterocycles. The summed E-state index contributed by atoms with van der Waals surface area (Å²) in [7, 11) is 0. The molecular formula is C23H22F3N3O3. The average Bonchev–Trinajstić information content (AvgIpc) is 3.40. The topological polar surface area (TPSA) is 68.5 Å². The Labute approximate surface area is 183 Å². The molecule has 9 heteroatoms. The summed E-state index contributed by atoms with van der Waals surface area (Å²) in [4.78, 5) is 18.5. The van der Waals surface area contributed by atoms with Crippen LogP contribution >= 0.6 is 0 Å². The van der Waals surface area contributed by atoms with Crippen LogP contribution in [0.1, 0.15) is 42.7 Å². The van der Waals surface area contributed by atoms with Crippen LogP contribution in [0.4, 0.5) is 13.2 Å². The van der Waals surface area contributed by atoms with Gasteiger partial charge in [0.15, 0.2) is 0 Å². The fraction of sp³-hybridized carbons (Fsp3) is 0.348. The third kappa shape index (κ3) is 4.92. The number of hydrogen-bond donors (Lipinski definition) is 0. The molecular weight excluding hydrogens is 423 g/mol. The molecule has 2 aromatic carbocycles. The van der Waals surface area contributed by atoms with E-state index in [0.29, 0.717) is 31.2 Å². The summed E-state index contributed by atoms with van der Waals surface area (Å²) in [5.74, 6) is 1.02. The summed E-state index contributed by atoms with van der Waals surface area (Å²) < 4.78 is 49.1. The lowest BCUT2D eigenvalue weighted by molar-refractivity contribution is -0.137. The number of likely N-dealkylation sites (tertiary alicyclic amines) is 1. The predicted octanol–water partition coefficient (Wildman–Crippen LogP) is 5.06. The van der Waals surface area contributed by atoms with E-state index < -0.39 is 11.7 Å². The van der Waals surface area contributed by atoms with Crippen molar-refractivity contribution in [3.8, 4) is 17.1 Å². The standard InChI is InChI=1S/C23H22F3N3O3/c1-2-11-31-19-9-3-15(4-10-19)13-29-14-17(12-20(29)30)22-27-21(28-32-22)16-5-7-18(8-6-16)23(24,25)26/h3-10,17H,2,11-14H2,1H3. The second-order valence-corrected chi connectivity index (χ2v) is 7.70. The normalized spacial score (nSPS) is 16.6. The second-order valence-electron chi connectivity index (χ2n) is 7.70. The van der Waals surface area contributed by atoms with Gasteiger partial charge in [-0.15, -0.1) is 0 Å². The third-order valence-corrected chi connectivity index (χ3v) is 5.25. The van der Waals surface area contributed by atoms with Crippen LogP contribution in [0.2, 0.25) is 0 Å². The molecule has 32 heavy (non-hydrogen) atoms. The van der Waals surface area contributed by atoms with Gasteiger partial charge in [-0.2, -0.15) is 18.2 Å². The monoisotopic (exact) mass is 445 g/mol. The summed E-state index contributed by atoms with van der Waals surface area (Å²) in [6.07, 6.45) is -3.23. The maximum absolute atomic E-state index is 12.7. The maximum Gasteiger partial charge on any atom is 0.416 e. The van der Waals surface area contributed by atoms with Crippen molar-refractivity contribution in [1.29, 1.82) is 0 Å². The molecule has 1 fully saturated rings. The number of carbonyl (C=O) groups excluding carboxylic acids is 1. The highest BCUT2D eigenvalue weighted by atomic mass is 19.4. The van der Waals surface area contributed by atoms with Crippen LogP contribution in [-0.4, -0.2) is 34.1 Å². The molecule has 1 aliphatic heterocycles. The minimum Gasteiger partial charge on any atom is -0.494 e. The molecule has 1 atom stereocenters. The molecule has 0 radical (unpaired) electrons. The number of alkyl halides is 3. The molecule has 0 saturated carbocycles. The average molecular weight is 445 g/mol. The lowest BCUT2D eigenvalue weighted by atomic mass is 10.1. The molecule has 2 heterocycles. The lowest BCUT2D eigenvalue weighted by Gasteiger charge is -2.16. The van der Waals surface area contributed by atoms with Crippen LogP contribution < -0.4 is 4.74 Å². The van der Waals surface area contributed by atoms with E-state index >= 15 is 0 Å². The van der Waals surface area contributed by atoms with Crippen LogP contribution in [0.15, 0.2) is 53.1 Å². The van der Waals surface area contributed by atoms with Crippen LogP contribution in [0.25, 0.3) is 11.4 Å². The molecule has 1 aliphatic rings. The van der Waals surface area contributed by atoms with Crippen molar-refractivity contribution in [1.82, 2.24) is 15.0 Å². The summed E-state index contributed by atoms with van der Waals surface area (Å²) in [5, 5.41) is 3.88. The van der Waals surface area contributed by atoms with Crippen LogP contribution in [0.3, 0.4) is 0 Å². The van der Waals surface area contributed by atoms with Gasteiger partial charge >= 0.3 is 6.18 Å². The van der Waals surface area contributed by atoms with Crippen LogP contribution in [-0.2, 0) is 17.5 Å². The third-order valence-electron chi connectivity index (χ3n) is 5.25. The molecule has 0 N–H and O–H groups in total. The zero-order chi connectivity index (χ0) is 22.7. The molecule has 168 valence electrons. The first-order valence-electron chi connectivity index (χ1n) is 10.3. The van der Waals surface area contributed by atoms with Crippen molar-refractivity contribution in [2.45, 2.75) is 38.4 Å². The Hall–Kier alpha value is -3.36. The van der Waals surface area contributed by atoms with Gasteiger partial charge in [0.05, 0.1) is 18.1 Å². The molecule has 4 rings (SSSR count). The van der Waals surface area contributed by atoms with Crippen molar-refractivity contribution in [2.75, 3.05) is 13.2 Å². The van der Waals surface area contributed by atoms with Gasteiger partial charge in [-0.25, -0.2) is 0 Å². The Bertz CT molecular complexity index is 1060. The molecule has 0 bridgehead atoms. The Kier molecular flexibility index (Phi) is 6.16. The zero-order valence-corrected chi connectivity index (χ0v) is 17.4. The number of benzene rings is 2. The van der Waals surface area contributed by atoms with Gasteiger partial charge in [0.25, 0.3) is 0 Å². The number of ether oxygens (including phenoxy) is 1. The number of aromatic nitrogens is 2. The maximum atomic E-state index is 12.7. The minimum absolute atomic E-state index is 0.0180.